The number of aromatic nitrogens is 6. The first-order valence-corrected chi connectivity index (χ1v) is 20.5. The van der Waals surface area contributed by atoms with Gasteiger partial charge in [0.15, 0.2) is 11.6 Å². The van der Waals surface area contributed by atoms with Gasteiger partial charge in [0.25, 0.3) is 5.92 Å². The molecule has 15 heteroatoms. The second kappa shape index (κ2) is 16.9. The molecule has 0 amide bonds. The third-order valence-corrected chi connectivity index (χ3v) is 11.7. The Kier molecular flexibility index (Phi) is 11.4. The van der Waals surface area contributed by atoms with Crippen LogP contribution in [0.25, 0.3) is 21.8 Å². The van der Waals surface area contributed by atoms with Crippen LogP contribution in [0.1, 0.15) is 97.7 Å². The molecule has 0 aliphatic carbocycles. The lowest BCUT2D eigenvalue weighted by Crippen LogP contribution is -2.35. The standard InChI is InChI=1S/C45H49F2N11O2/c1-26(31-6-5-7-33(20-31)45(4,46)47)51-44-39-22-35(58-14-10-37(60)11-15-58)25-50-42(39)40(54-56-44)19-29-16-30(23-48)18-32(17-29)27(2)52-43-38-21-34(57-12-8-36(59)9-13-57)24-49-41(38)28(3)53-55-43/h5-7,16-18,20-22,24-27,36-37,59-60H,8-15,19H2,1-4H3,(H,51,56)(H,52,55)/t26-,27-/m1/s1. The number of rotatable bonds is 11. The van der Waals surface area contributed by atoms with E-state index >= 15 is 0 Å². The quantitative estimate of drug-likeness (QED) is 0.101. The van der Waals surface area contributed by atoms with E-state index in [2.05, 4.69) is 53.0 Å². The normalized spacial score (nSPS) is 16.5. The average Bonchev–Trinajstić information content (AvgIpc) is 3.25. The van der Waals surface area contributed by atoms with E-state index in [1.807, 2.05) is 57.4 Å². The Morgan fingerprint density at radius 2 is 1.33 bits per heavy atom. The second-order valence-electron chi connectivity index (χ2n) is 16.2. The molecule has 2 aliphatic rings. The van der Waals surface area contributed by atoms with E-state index in [0.717, 1.165) is 58.8 Å². The van der Waals surface area contributed by atoms with E-state index in [0.29, 0.717) is 84.9 Å². The number of aliphatic hydroxyl groups excluding tert-OH is 2. The minimum atomic E-state index is -2.98. The Hall–Kier alpha value is -6.11. The minimum absolute atomic E-state index is 0.0685. The lowest BCUT2D eigenvalue weighted by Gasteiger charge is -2.31. The summed E-state index contributed by atoms with van der Waals surface area (Å²) in [5, 5.41) is 57.1. The lowest BCUT2D eigenvalue weighted by atomic mass is 9.98. The maximum Gasteiger partial charge on any atom is 0.270 e. The van der Waals surface area contributed by atoms with Crippen LogP contribution in [0, 0.1) is 18.3 Å². The molecule has 0 saturated carbocycles. The SMILES string of the molecule is Cc1nnc(N[C@H](C)c2cc(C#N)cc(Cc3nnc(N[C@H](C)c4cccc(C(C)(F)F)c4)c4cc(N5CCC(O)CC5)cnc34)c2)c2cc(N3CCC(O)CC3)cnc12. The zero-order valence-corrected chi connectivity index (χ0v) is 34.2. The van der Waals surface area contributed by atoms with E-state index in [-0.39, 0.29) is 29.9 Å². The van der Waals surface area contributed by atoms with Crippen molar-refractivity contribution in [2.24, 2.45) is 0 Å². The molecule has 2 atom stereocenters. The summed E-state index contributed by atoms with van der Waals surface area (Å²) in [6.45, 7) is 9.51. The van der Waals surface area contributed by atoms with Crippen molar-refractivity contribution in [3.63, 3.8) is 0 Å². The molecule has 6 heterocycles. The fraction of sp³-hybridized carbons (Fsp3) is 0.400. The van der Waals surface area contributed by atoms with Crippen molar-refractivity contribution in [1.29, 1.82) is 5.26 Å². The Morgan fingerprint density at radius 3 is 1.93 bits per heavy atom. The third-order valence-electron chi connectivity index (χ3n) is 11.7. The summed E-state index contributed by atoms with van der Waals surface area (Å²) in [6, 6.07) is 17.8. The number of nitrogens with zero attached hydrogens (tertiary/aromatic N) is 9. The summed E-state index contributed by atoms with van der Waals surface area (Å²) < 4.78 is 28.5. The first-order valence-electron chi connectivity index (χ1n) is 20.5. The van der Waals surface area contributed by atoms with Crippen LogP contribution in [-0.4, -0.2) is 79.0 Å². The van der Waals surface area contributed by atoms with Gasteiger partial charge in [0.2, 0.25) is 0 Å². The molecule has 2 aromatic carbocycles. The molecule has 4 aromatic heterocycles. The molecular formula is C45H49F2N11O2. The highest BCUT2D eigenvalue weighted by Crippen LogP contribution is 2.34. The van der Waals surface area contributed by atoms with Crippen molar-refractivity contribution in [3.05, 3.63) is 106 Å². The molecule has 8 rings (SSSR count). The predicted molar refractivity (Wildman–Crippen MR) is 228 cm³/mol. The number of benzene rings is 2. The topological polar surface area (TPSA) is 172 Å². The fourth-order valence-corrected chi connectivity index (χ4v) is 8.14. The van der Waals surface area contributed by atoms with Crippen LogP contribution < -0.4 is 20.4 Å². The summed E-state index contributed by atoms with van der Waals surface area (Å²) >= 11 is 0. The highest BCUT2D eigenvalue weighted by molar-refractivity contribution is 5.93. The highest BCUT2D eigenvalue weighted by atomic mass is 19.3. The van der Waals surface area contributed by atoms with E-state index < -0.39 is 5.92 Å². The van der Waals surface area contributed by atoms with Crippen LogP contribution in [0.5, 0.6) is 0 Å². The summed E-state index contributed by atoms with van der Waals surface area (Å²) in [4.78, 5) is 14.1. The molecule has 2 fully saturated rings. The van der Waals surface area contributed by atoms with E-state index in [4.69, 9.17) is 9.97 Å². The number of pyridine rings is 2. The number of anilines is 4. The van der Waals surface area contributed by atoms with Crippen molar-refractivity contribution in [2.45, 2.75) is 90.0 Å². The van der Waals surface area contributed by atoms with Gasteiger partial charge in [-0.05, 0) is 93.5 Å². The predicted octanol–water partition coefficient (Wildman–Crippen LogP) is 7.51. The van der Waals surface area contributed by atoms with Crippen LogP contribution in [0.15, 0.2) is 67.0 Å². The largest absolute Gasteiger partial charge is 0.393 e. The van der Waals surface area contributed by atoms with Crippen LogP contribution in [0.2, 0.25) is 0 Å². The Labute approximate surface area is 347 Å². The van der Waals surface area contributed by atoms with Crippen LogP contribution in [0.3, 0.4) is 0 Å². The van der Waals surface area contributed by atoms with Crippen molar-refractivity contribution in [1.82, 2.24) is 30.4 Å². The van der Waals surface area contributed by atoms with E-state index in [1.54, 1.807) is 12.1 Å². The molecule has 0 spiro atoms. The average molecular weight is 814 g/mol. The first-order chi connectivity index (χ1) is 28.8. The number of halogens is 2. The number of hydrogen-bond acceptors (Lipinski definition) is 13. The number of aryl methyl sites for hydroxylation is 1. The molecule has 0 radical (unpaired) electrons. The van der Waals surface area contributed by atoms with Gasteiger partial charge >= 0.3 is 0 Å². The van der Waals surface area contributed by atoms with Gasteiger partial charge in [0, 0.05) is 55.9 Å². The Bertz CT molecular complexity index is 2560. The molecule has 60 heavy (non-hydrogen) atoms. The Morgan fingerprint density at radius 1 is 0.767 bits per heavy atom. The minimum Gasteiger partial charge on any atom is -0.393 e. The van der Waals surface area contributed by atoms with Gasteiger partial charge in [-0.25, -0.2) is 8.78 Å². The Balaban J connectivity index is 1.10. The number of piperidine rings is 2. The van der Waals surface area contributed by atoms with Crippen molar-refractivity contribution >= 4 is 44.8 Å². The van der Waals surface area contributed by atoms with Gasteiger partial charge in [-0.3, -0.25) is 9.97 Å². The molecule has 2 aliphatic heterocycles. The van der Waals surface area contributed by atoms with Gasteiger partial charge in [-0.2, -0.15) is 15.5 Å². The van der Waals surface area contributed by atoms with Gasteiger partial charge in [-0.1, -0.05) is 24.3 Å². The van der Waals surface area contributed by atoms with Crippen molar-refractivity contribution in [2.75, 3.05) is 46.6 Å². The molecule has 0 bridgehead atoms. The van der Waals surface area contributed by atoms with E-state index in [1.165, 1.54) is 12.1 Å². The third kappa shape index (κ3) is 8.76. The zero-order chi connectivity index (χ0) is 42.1. The maximum absolute atomic E-state index is 14.3. The maximum atomic E-state index is 14.3. The molecule has 6 aromatic rings. The fourth-order valence-electron chi connectivity index (χ4n) is 8.14. The summed E-state index contributed by atoms with van der Waals surface area (Å²) in [6.07, 6.45) is 6.08. The summed E-state index contributed by atoms with van der Waals surface area (Å²) in [5.74, 6) is -1.94. The molecular weight excluding hydrogens is 765 g/mol. The van der Waals surface area contributed by atoms with Gasteiger partial charge in [-0.15, -0.1) is 10.2 Å². The number of alkyl halides is 2. The number of nitriles is 1. The first kappa shape index (κ1) is 40.7. The molecule has 2 saturated heterocycles. The molecule has 0 unspecified atom stereocenters. The number of fused-ring (bicyclic) bond motifs is 2. The smallest absolute Gasteiger partial charge is 0.270 e. The van der Waals surface area contributed by atoms with Gasteiger partial charge in [0.05, 0.1) is 82.1 Å². The number of aliphatic hydroxyl groups is 2. The van der Waals surface area contributed by atoms with Crippen LogP contribution >= 0.6 is 0 Å². The number of nitrogens with one attached hydrogen (secondary N) is 2. The van der Waals surface area contributed by atoms with Crippen molar-refractivity contribution < 1.29 is 19.0 Å². The molecule has 4 N–H and O–H groups in total. The van der Waals surface area contributed by atoms with E-state index in [9.17, 15) is 24.3 Å². The van der Waals surface area contributed by atoms with Crippen LogP contribution in [0.4, 0.5) is 31.8 Å². The number of hydrogen-bond donors (Lipinski definition) is 4. The zero-order valence-electron chi connectivity index (χ0n) is 34.2. The van der Waals surface area contributed by atoms with Gasteiger partial charge in [0.1, 0.15) is 0 Å². The summed E-state index contributed by atoms with van der Waals surface area (Å²) in [5.41, 5.74) is 7.33. The second-order valence-corrected chi connectivity index (χ2v) is 16.2. The highest BCUT2D eigenvalue weighted by Gasteiger charge is 2.26. The molecule has 13 nitrogen and oxygen atoms in total. The molecule has 310 valence electrons. The van der Waals surface area contributed by atoms with Crippen molar-refractivity contribution in [3.8, 4) is 6.07 Å². The monoisotopic (exact) mass is 813 g/mol. The van der Waals surface area contributed by atoms with Gasteiger partial charge < -0.3 is 30.6 Å². The lowest BCUT2D eigenvalue weighted by molar-refractivity contribution is 0.0174. The summed E-state index contributed by atoms with van der Waals surface area (Å²) in [7, 11) is 0. The van der Waals surface area contributed by atoms with Crippen LogP contribution in [-0.2, 0) is 12.3 Å².